The third kappa shape index (κ3) is 7.10. The normalized spacial score (nSPS) is 18.9. The fourth-order valence-electron chi connectivity index (χ4n) is 4.28. The summed E-state index contributed by atoms with van der Waals surface area (Å²) < 4.78 is 0. The Morgan fingerprint density at radius 3 is 1.93 bits per heavy atom. The average Bonchev–Trinajstić information content (AvgIpc) is 2.78. The molecule has 0 aliphatic heterocycles. The van der Waals surface area contributed by atoms with Crippen LogP contribution in [0, 0.1) is 23.7 Å². The summed E-state index contributed by atoms with van der Waals surface area (Å²) in [6.45, 7) is 5.91. The molecule has 1 aliphatic rings. The van der Waals surface area contributed by atoms with Crippen LogP contribution < -0.4 is 0 Å². The van der Waals surface area contributed by atoms with Crippen LogP contribution >= 0.6 is 0 Å². The number of hydrogen-bond donors (Lipinski definition) is 0. The molecule has 1 fully saturated rings. The molecule has 0 aromatic heterocycles. The minimum Gasteiger partial charge on any atom is -0.0985 e. The first-order valence-electron chi connectivity index (χ1n) is 11.2. The molecule has 0 N–H and O–H groups in total. The van der Waals surface area contributed by atoms with E-state index < -0.39 is 0 Å². The molecule has 0 radical (unpaired) electrons. The van der Waals surface area contributed by atoms with Gasteiger partial charge in [-0.2, -0.15) is 0 Å². The van der Waals surface area contributed by atoms with Gasteiger partial charge in [-0.1, -0.05) is 86.6 Å². The zero-order valence-electron chi connectivity index (χ0n) is 17.9. The van der Waals surface area contributed by atoms with Crippen molar-refractivity contribution in [3.8, 4) is 11.8 Å². The predicted octanol–water partition coefficient (Wildman–Crippen LogP) is 7.82. The van der Waals surface area contributed by atoms with Crippen molar-refractivity contribution in [3.63, 3.8) is 0 Å². The summed E-state index contributed by atoms with van der Waals surface area (Å²) in [5.74, 6) is 8.41. The molecule has 0 unspecified atom stereocenters. The molecule has 0 saturated heterocycles. The van der Waals surface area contributed by atoms with Gasteiger partial charge in [-0.25, -0.2) is 0 Å². The van der Waals surface area contributed by atoms with Gasteiger partial charge in [-0.15, -0.1) is 0 Å². The van der Waals surface area contributed by atoms with E-state index in [1.54, 1.807) is 0 Å². The molecule has 0 heteroatoms. The molecular formula is C29H34. The van der Waals surface area contributed by atoms with Gasteiger partial charge >= 0.3 is 0 Å². The average molecular weight is 383 g/mol. The fraction of sp³-hybridized carbons (Fsp3) is 0.379. The summed E-state index contributed by atoms with van der Waals surface area (Å²) in [7, 11) is 0. The van der Waals surface area contributed by atoms with Crippen molar-refractivity contribution in [2.75, 3.05) is 0 Å². The molecule has 0 amide bonds. The van der Waals surface area contributed by atoms with E-state index in [0.29, 0.717) is 0 Å². The van der Waals surface area contributed by atoms with Crippen LogP contribution in [-0.2, 0) is 6.42 Å². The first kappa shape index (κ1) is 21.2. The number of hydrogen-bond acceptors (Lipinski definition) is 0. The molecule has 3 rings (SSSR count). The minimum atomic E-state index is 0.922. The van der Waals surface area contributed by atoms with Gasteiger partial charge in [-0.3, -0.25) is 0 Å². The van der Waals surface area contributed by atoms with Crippen LogP contribution in [0.2, 0.25) is 0 Å². The number of allylic oxidation sites excluding steroid dienone is 2. The summed E-state index contributed by atoms with van der Waals surface area (Å²) in [6.07, 6.45) is 17.3. The highest BCUT2D eigenvalue weighted by molar-refractivity contribution is 5.50. The van der Waals surface area contributed by atoms with Crippen molar-refractivity contribution in [1.82, 2.24) is 0 Å². The molecular weight excluding hydrogens is 348 g/mol. The maximum Gasteiger partial charge on any atom is 0.0249 e. The van der Waals surface area contributed by atoms with Gasteiger partial charge in [0.05, 0.1) is 0 Å². The quantitative estimate of drug-likeness (QED) is 0.338. The van der Waals surface area contributed by atoms with Gasteiger partial charge in [-0.05, 0) is 79.8 Å². The van der Waals surface area contributed by atoms with Crippen LogP contribution in [0.5, 0.6) is 0 Å². The summed E-state index contributed by atoms with van der Waals surface area (Å²) >= 11 is 0. The Morgan fingerprint density at radius 1 is 0.828 bits per heavy atom. The van der Waals surface area contributed by atoms with Gasteiger partial charge in [0.25, 0.3) is 0 Å². The summed E-state index contributed by atoms with van der Waals surface area (Å²) in [6, 6.07) is 17.0. The first-order valence-corrected chi connectivity index (χ1v) is 11.2. The van der Waals surface area contributed by atoms with Crippen molar-refractivity contribution in [2.45, 2.75) is 58.3 Å². The lowest BCUT2D eigenvalue weighted by Crippen LogP contribution is -2.15. The molecule has 0 heterocycles. The Kier molecular flexibility index (Phi) is 8.39. The van der Waals surface area contributed by atoms with E-state index >= 15 is 0 Å². The van der Waals surface area contributed by atoms with Crippen molar-refractivity contribution >= 4 is 6.08 Å². The van der Waals surface area contributed by atoms with Gasteiger partial charge < -0.3 is 0 Å². The molecule has 2 aromatic carbocycles. The van der Waals surface area contributed by atoms with Crippen molar-refractivity contribution in [1.29, 1.82) is 0 Å². The third-order valence-electron chi connectivity index (χ3n) is 6.24. The standard InChI is InChI=1S/C29H34/c1-3-5-6-7-25-12-14-27(15-13-25)18-19-29-22-20-28(21-23-29)17-16-26-10-8-24(4-2)9-11-26/h3-5,8-11,20-23,25,27H,2,6-7,12-15,18-19H2,1H3/b5-3+. The molecule has 0 nitrogen and oxygen atoms in total. The van der Waals surface area contributed by atoms with E-state index in [4.69, 9.17) is 0 Å². The molecule has 29 heavy (non-hydrogen) atoms. The lowest BCUT2D eigenvalue weighted by Gasteiger charge is -2.28. The summed E-state index contributed by atoms with van der Waals surface area (Å²) in [4.78, 5) is 0. The maximum atomic E-state index is 3.79. The monoisotopic (exact) mass is 382 g/mol. The molecule has 2 aromatic rings. The van der Waals surface area contributed by atoms with Crippen LogP contribution in [0.15, 0.2) is 67.3 Å². The second-order valence-corrected chi connectivity index (χ2v) is 8.34. The van der Waals surface area contributed by atoms with Crippen LogP contribution in [0.3, 0.4) is 0 Å². The Hall–Kier alpha value is -2.52. The molecule has 150 valence electrons. The van der Waals surface area contributed by atoms with E-state index in [2.05, 4.69) is 73.9 Å². The first-order chi connectivity index (χ1) is 14.3. The fourth-order valence-corrected chi connectivity index (χ4v) is 4.28. The minimum absolute atomic E-state index is 0.922. The number of rotatable bonds is 7. The molecule has 0 atom stereocenters. The second kappa shape index (κ2) is 11.5. The molecule has 1 aliphatic carbocycles. The second-order valence-electron chi connectivity index (χ2n) is 8.34. The Morgan fingerprint density at radius 2 is 1.38 bits per heavy atom. The Labute approximate surface area is 177 Å². The van der Waals surface area contributed by atoms with Crippen molar-refractivity contribution in [2.24, 2.45) is 11.8 Å². The topological polar surface area (TPSA) is 0 Å². The maximum absolute atomic E-state index is 3.79. The van der Waals surface area contributed by atoms with Crippen LogP contribution in [-0.4, -0.2) is 0 Å². The number of benzene rings is 2. The van der Waals surface area contributed by atoms with Crippen LogP contribution in [0.25, 0.3) is 6.08 Å². The summed E-state index contributed by atoms with van der Waals surface area (Å²) in [5.41, 5.74) is 4.70. The van der Waals surface area contributed by atoms with Crippen LogP contribution in [0.4, 0.5) is 0 Å². The van der Waals surface area contributed by atoms with E-state index in [9.17, 15) is 0 Å². The van der Waals surface area contributed by atoms with Crippen LogP contribution in [0.1, 0.15) is 74.1 Å². The van der Waals surface area contributed by atoms with Gasteiger partial charge in [0.1, 0.15) is 0 Å². The van der Waals surface area contributed by atoms with Gasteiger partial charge in [0, 0.05) is 11.1 Å². The van der Waals surface area contributed by atoms with E-state index in [-0.39, 0.29) is 0 Å². The Balaban J connectivity index is 1.43. The lowest BCUT2D eigenvalue weighted by molar-refractivity contribution is 0.254. The SMILES string of the molecule is C=Cc1ccc(C#Cc2ccc(CCC3CCC(CC/C=C/C)CC3)cc2)cc1. The Bertz CT molecular complexity index is 832. The lowest BCUT2D eigenvalue weighted by atomic mass is 9.78. The highest BCUT2D eigenvalue weighted by atomic mass is 14.3. The molecule has 0 spiro atoms. The highest BCUT2D eigenvalue weighted by Gasteiger charge is 2.20. The largest absolute Gasteiger partial charge is 0.0985 e. The predicted molar refractivity (Wildman–Crippen MR) is 127 cm³/mol. The van der Waals surface area contributed by atoms with Gasteiger partial charge in [0.2, 0.25) is 0 Å². The van der Waals surface area contributed by atoms with E-state index in [1.807, 2.05) is 18.2 Å². The zero-order valence-corrected chi connectivity index (χ0v) is 17.9. The molecule has 0 bridgehead atoms. The zero-order chi connectivity index (χ0) is 20.3. The van der Waals surface area contributed by atoms with E-state index in [0.717, 1.165) is 28.5 Å². The van der Waals surface area contributed by atoms with Crippen molar-refractivity contribution in [3.05, 3.63) is 89.5 Å². The van der Waals surface area contributed by atoms with Crippen molar-refractivity contribution < 1.29 is 0 Å². The third-order valence-corrected chi connectivity index (χ3v) is 6.24. The molecule has 1 saturated carbocycles. The van der Waals surface area contributed by atoms with E-state index in [1.165, 1.54) is 56.9 Å². The highest BCUT2D eigenvalue weighted by Crippen LogP contribution is 2.34. The van der Waals surface area contributed by atoms with Gasteiger partial charge in [0.15, 0.2) is 0 Å². The smallest absolute Gasteiger partial charge is 0.0249 e. The summed E-state index contributed by atoms with van der Waals surface area (Å²) in [5, 5.41) is 0. The number of aryl methyl sites for hydroxylation is 1.